The molecule has 5 nitrogen and oxygen atoms in total. The van der Waals surface area contributed by atoms with Crippen LogP contribution < -0.4 is 16.6 Å². The van der Waals surface area contributed by atoms with E-state index in [0.717, 1.165) is 6.34 Å². The SMILES string of the molecule is Cc1nccc2c1C(NN)(C(F)(F)F)N=CN2. The number of hydrogen-bond donors (Lipinski definition) is 3. The summed E-state index contributed by atoms with van der Waals surface area (Å²) in [6, 6.07) is 1.44. The van der Waals surface area contributed by atoms with Gasteiger partial charge in [-0.25, -0.2) is 10.4 Å². The molecule has 4 N–H and O–H groups in total. The summed E-state index contributed by atoms with van der Waals surface area (Å²) in [6.07, 6.45) is -2.28. The van der Waals surface area contributed by atoms with E-state index >= 15 is 0 Å². The second kappa shape index (κ2) is 3.67. The maximum absolute atomic E-state index is 13.1. The van der Waals surface area contributed by atoms with Crippen molar-refractivity contribution in [3.05, 3.63) is 23.5 Å². The van der Waals surface area contributed by atoms with Gasteiger partial charge in [-0.15, -0.1) is 0 Å². The molecule has 2 rings (SSSR count). The normalized spacial score (nSPS) is 23.1. The molecular formula is C9H10F3N5. The summed E-state index contributed by atoms with van der Waals surface area (Å²) in [5.41, 5.74) is -0.518. The molecule has 0 saturated heterocycles. The number of halogens is 3. The number of fused-ring (bicyclic) bond motifs is 1. The van der Waals surface area contributed by atoms with Crippen LogP contribution in [0.5, 0.6) is 0 Å². The second-order valence-electron chi connectivity index (χ2n) is 3.57. The topological polar surface area (TPSA) is 75.3 Å². The Morgan fingerprint density at radius 1 is 1.47 bits per heavy atom. The molecule has 8 heteroatoms. The minimum absolute atomic E-state index is 0.113. The third-order valence-electron chi connectivity index (χ3n) is 2.60. The number of aliphatic imine (C=N–C) groups is 1. The Hall–Kier alpha value is -1.67. The van der Waals surface area contributed by atoms with E-state index in [9.17, 15) is 13.2 Å². The quantitative estimate of drug-likeness (QED) is 0.510. The van der Waals surface area contributed by atoms with Crippen molar-refractivity contribution in [2.45, 2.75) is 18.8 Å². The lowest BCUT2D eigenvalue weighted by atomic mass is 9.95. The number of anilines is 1. The highest BCUT2D eigenvalue weighted by molar-refractivity contribution is 5.81. The largest absolute Gasteiger partial charge is 0.432 e. The third kappa shape index (κ3) is 1.56. The van der Waals surface area contributed by atoms with Gasteiger partial charge in [0.15, 0.2) is 0 Å². The predicted octanol–water partition coefficient (Wildman–Crippen LogP) is 1.02. The molecule has 1 unspecified atom stereocenters. The monoisotopic (exact) mass is 245 g/mol. The molecule has 0 aromatic carbocycles. The highest BCUT2D eigenvalue weighted by Gasteiger charge is 2.58. The van der Waals surface area contributed by atoms with E-state index in [4.69, 9.17) is 5.84 Å². The molecule has 0 aliphatic carbocycles. The van der Waals surface area contributed by atoms with Gasteiger partial charge in [0.25, 0.3) is 0 Å². The predicted molar refractivity (Wildman–Crippen MR) is 56.1 cm³/mol. The zero-order valence-electron chi connectivity index (χ0n) is 8.84. The maximum Gasteiger partial charge on any atom is 0.432 e. The fraction of sp³-hybridized carbons (Fsp3) is 0.333. The highest BCUT2D eigenvalue weighted by atomic mass is 19.4. The van der Waals surface area contributed by atoms with Gasteiger partial charge in [-0.05, 0) is 13.0 Å². The third-order valence-corrected chi connectivity index (χ3v) is 2.60. The number of pyridine rings is 1. The highest BCUT2D eigenvalue weighted by Crippen LogP contribution is 2.44. The number of rotatable bonds is 1. The summed E-state index contributed by atoms with van der Waals surface area (Å²) < 4.78 is 39.4. The summed E-state index contributed by atoms with van der Waals surface area (Å²) in [5.74, 6) is 5.07. The fourth-order valence-electron chi connectivity index (χ4n) is 1.81. The van der Waals surface area contributed by atoms with E-state index in [0.29, 0.717) is 0 Å². The lowest BCUT2D eigenvalue weighted by molar-refractivity contribution is -0.199. The number of nitrogens with two attached hydrogens (primary N) is 1. The van der Waals surface area contributed by atoms with Crippen LogP contribution in [0.2, 0.25) is 0 Å². The van der Waals surface area contributed by atoms with E-state index in [-0.39, 0.29) is 16.9 Å². The number of aryl methyl sites for hydroxylation is 1. The van der Waals surface area contributed by atoms with Crippen LogP contribution in [-0.2, 0) is 5.66 Å². The molecule has 0 radical (unpaired) electrons. The van der Waals surface area contributed by atoms with Gasteiger partial charge < -0.3 is 5.32 Å². The van der Waals surface area contributed by atoms with Gasteiger partial charge in [0.1, 0.15) is 0 Å². The van der Waals surface area contributed by atoms with Crippen LogP contribution in [0.4, 0.5) is 18.9 Å². The van der Waals surface area contributed by atoms with Gasteiger partial charge in [0.05, 0.1) is 6.34 Å². The Labute approximate surface area is 94.9 Å². The average molecular weight is 245 g/mol. The van der Waals surface area contributed by atoms with Gasteiger partial charge in [-0.2, -0.15) is 13.2 Å². The second-order valence-corrected chi connectivity index (χ2v) is 3.57. The summed E-state index contributed by atoms with van der Waals surface area (Å²) in [6.45, 7) is 1.47. The summed E-state index contributed by atoms with van der Waals surface area (Å²) in [4.78, 5) is 7.26. The van der Waals surface area contributed by atoms with Crippen LogP contribution in [0, 0.1) is 6.92 Å². The Morgan fingerprint density at radius 3 is 2.76 bits per heavy atom. The van der Waals surface area contributed by atoms with Crippen molar-refractivity contribution in [3.8, 4) is 0 Å². The van der Waals surface area contributed by atoms with Gasteiger partial charge in [0.2, 0.25) is 5.66 Å². The summed E-state index contributed by atoms with van der Waals surface area (Å²) in [5, 5.41) is 2.64. The number of hydrogen-bond acceptors (Lipinski definition) is 5. The van der Waals surface area contributed by atoms with E-state index in [1.54, 1.807) is 5.43 Å². The molecule has 17 heavy (non-hydrogen) atoms. The molecule has 92 valence electrons. The molecule has 0 spiro atoms. The first kappa shape index (κ1) is 11.8. The molecule has 1 aromatic rings. The standard InChI is InChI=1S/C9H10F3N5/c1-5-7-6(2-3-14-5)15-4-16-8(7,17-13)9(10,11)12/h2-4,17H,13H2,1H3,(H,15,16). The average Bonchev–Trinajstić information content (AvgIpc) is 2.27. The van der Waals surface area contributed by atoms with Crippen LogP contribution in [0.3, 0.4) is 0 Å². The number of nitrogens with one attached hydrogen (secondary N) is 2. The molecular weight excluding hydrogens is 235 g/mol. The first-order chi connectivity index (χ1) is 7.92. The Morgan fingerprint density at radius 2 is 2.18 bits per heavy atom. The zero-order valence-corrected chi connectivity index (χ0v) is 8.84. The van der Waals surface area contributed by atoms with Crippen molar-refractivity contribution in [2.24, 2.45) is 10.8 Å². The molecule has 2 heterocycles. The maximum atomic E-state index is 13.1. The number of nitrogens with zero attached hydrogens (tertiary/aromatic N) is 2. The Balaban J connectivity index is 2.72. The van der Waals surface area contributed by atoms with Crippen molar-refractivity contribution in [1.29, 1.82) is 0 Å². The van der Waals surface area contributed by atoms with E-state index < -0.39 is 11.8 Å². The number of hydrazine groups is 1. The minimum Gasteiger partial charge on any atom is -0.346 e. The van der Waals surface area contributed by atoms with Gasteiger partial charge >= 0.3 is 6.18 Å². The molecule has 0 fully saturated rings. The van der Waals surface area contributed by atoms with Gasteiger partial charge in [-0.3, -0.25) is 10.8 Å². The molecule has 1 atom stereocenters. The first-order valence-corrected chi connectivity index (χ1v) is 4.73. The Bertz CT molecular complexity index is 470. The Kier molecular flexibility index (Phi) is 2.55. The fourth-order valence-corrected chi connectivity index (χ4v) is 1.81. The number of alkyl halides is 3. The zero-order chi connectivity index (χ0) is 12.7. The number of aromatic nitrogens is 1. The van der Waals surface area contributed by atoms with Crippen LogP contribution in [0.25, 0.3) is 0 Å². The van der Waals surface area contributed by atoms with E-state index in [1.165, 1.54) is 19.2 Å². The van der Waals surface area contributed by atoms with Crippen molar-refractivity contribution >= 4 is 12.0 Å². The van der Waals surface area contributed by atoms with E-state index in [1.807, 2.05) is 0 Å². The van der Waals surface area contributed by atoms with Crippen LogP contribution in [0.1, 0.15) is 11.3 Å². The van der Waals surface area contributed by atoms with E-state index in [2.05, 4.69) is 15.3 Å². The lowest BCUT2D eigenvalue weighted by Gasteiger charge is -2.35. The van der Waals surface area contributed by atoms with Crippen molar-refractivity contribution in [1.82, 2.24) is 10.4 Å². The van der Waals surface area contributed by atoms with Crippen LogP contribution in [0.15, 0.2) is 17.3 Å². The van der Waals surface area contributed by atoms with Gasteiger partial charge in [-0.1, -0.05) is 0 Å². The first-order valence-electron chi connectivity index (χ1n) is 4.73. The minimum atomic E-state index is -4.66. The molecule has 0 amide bonds. The summed E-state index contributed by atoms with van der Waals surface area (Å²) >= 11 is 0. The lowest BCUT2D eigenvalue weighted by Crippen LogP contribution is -2.57. The molecule has 1 aromatic heterocycles. The smallest absolute Gasteiger partial charge is 0.346 e. The summed E-state index contributed by atoms with van der Waals surface area (Å²) in [7, 11) is 0. The molecule has 0 saturated carbocycles. The molecule has 1 aliphatic rings. The molecule has 0 bridgehead atoms. The van der Waals surface area contributed by atoms with Gasteiger partial charge in [0, 0.05) is 23.1 Å². The van der Waals surface area contributed by atoms with Crippen molar-refractivity contribution < 1.29 is 13.2 Å². The van der Waals surface area contributed by atoms with Crippen LogP contribution >= 0.6 is 0 Å². The van der Waals surface area contributed by atoms with Crippen molar-refractivity contribution in [3.63, 3.8) is 0 Å². The molecule has 1 aliphatic heterocycles. The van der Waals surface area contributed by atoms with Crippen molar-refractivity contribution in [2.75, 3.05) is 5.32 Å². The van der Waals surface area contributed by atoms with Crippen LogP contribution in [-0.4, -0.2) is 17.5 Å².